The average molecular weight is 379 g/mol. The quantitative estimate of drug-likeness (QED) is 0.735. The van der Waals surface area contributed by atoms with E-state index in [9.17, 15) is 13.2 Å². The molecule has 1 fully saturated rings. The number of pyridine rings is 1. The van der Waals surface area contributed by atoms with Crippen LogP contribution in [-0.2, 0) is 12.7 Å². The summed E-state index contributed by atoms with van der Waals surface area (Å²) in [6, 6.07) is 9.44. The van der Waals surface area contributed by atoms with E-state index in [-0.39, 0.29) is 11.7 Å². The van der Waals surface area contributed by atoms with Crippen molar-refractivity contribution in [2.75, 3.05) is 5.32 Å². The Labute approximate surface area is 156 Å². The molecule has 26 heavy (non-hydrogen) atoms. The van der Waals surface area contributed by atoms with Crippen LogP contribution in [0.5, 0.6) is 0 Å². The summed E-state index contributed by atoms with van der Waals surface area (Å²) in [7, 11) is 0. The number of thiocarbonyl (C=S) groups is 1. The highest BCUT2D eigenvalue weighted by Gasteiger charge is 2.34. The minimum absolute atomic E-state index is 0.0146. The molecule has 1 heterocycles. The second-order valence-electron chi connectivity index (χ2n) is 6.40. The largest absolute Gasteiger partial charge is 0.418 e. The molecule has 1 saturated carbocycles. The van der Waals surface area contributed by atoms with Crippen molar-refractivity contribution in [1.82, 2.24) is 9.88 Å². The van der Waals surface area contributed by atoms with Crippen LogP contribution < -0.4 is 5.32 Å². The maximum Gasteiger partial charge on any atom is 0.418 e. The van der Waals surface area contributed by atoms with Crippen LogP contribution >= 0.6 is 12.2 Å². The Morgan fingerprint density at radius 1 is 1.15 bits per heavy atom. The van der Waals surface area contributed by atoms with Gasteiger partial charge in [0.05, 0.1) is 11.3 Å². The maximum absolute atomic E-state index is 13.2. The van der Waals surface area contributed by atoms with Gasteiger partial charge >= 0.3 is 6.18 Å². The number of anilines is 1. The fourth-order valence-corrected chi connectivity index (χ4v) is 3.62. The van der Waals surface area contributed by atoms with Crippen LogP contribution in [0.4, 0.5) is 18.9 Å². The molecule has 138 valence electrons. The third kappa shape index (κ3) is 4.52. The first kappa shape index (κ1) is 18.6. The third-order valence-electron chi connectivity index (χ3n) is 4.58. The number of hydrogen-bond donors (Lipinski definition) is 1. The van der Waals surface area contributed by atoms with Gasteiger partial charge in [0, 0.05) is 25.0 Å². The van der Waals surface area contributed by atoms with Crippen LogP contribution in [0, 0.1) is 0 Å². The van der Waals surface area contributed by atoms with E-state index in [0.29, 0.717) is 11.7 Å². The molecular weight excluding hydrogens is 359 g/mol. The number of halogens is 3. The molecule has 0 unspecified atom stereocenters. The zero-order chi connectivity index (χ0) is 18.6. The van der Waals surface area contributed by atoms with Gasteiger partial charge in [0.2, 0.25) is 0 Å². The van der Waals surface area contributed by atoms with E-state index in [1.165, 1.54) is 12.1 Å². The molecule has 1 aromatic carbocycles. The molecule has 1 aromatic heterocycles. The van der Waals surface area contributed by atoms with Gasteiger partial charge in [-0.3, -0.25) is 4.98 Å². The van der Waals surface area contributed by atoms with E-state index in [1.54, 1.807) is 18.5 Å². The number of nitrogens with zero attached hydrogens (tertiary/aromatic N) is 2. The highest BCUT2D eigenvalue weighted by molar-refractivity contribution is 7.80. The average Bonchev–Trinajstić information content (AvgIpc) is 3.14. The molecule has 3 rings (SSSR count). The summed E-state index contributed by atoms with van der Waals surface area (Å²) in [5, 5.41) is 3.15. The maximum atomic E-state index is 13.2. The normalized spacial score (nSPS) is 15.0. The molecule has 0 spiro atoms. The molecule has 2 aromatic rings. The number of hydrogen-bond acceptors (Lipinski definition) is 2. The van der Waals surface area contributed by atoms with Crippen molar-refractivity contribution in [1.29, 1.82) is 0 Å². The van der Waals surface area contributed by atoms with Crippen molar-refractivity contribution in [3.63, 3.8) is 0 Å². The fourth-order valence-electron chi connectivity index (χ4n) is 3.30. The lowest BCUT2D eigenvalue weighted by molar-refractivity contribution is -0.136. The van der Waals surface area contributed by atoms with Gasteiger partial charge in [-0.25, -0.2) is 0 Å². The Hall–Kier alpha value is -2.15. The van der Waals surface area contributed by atoms with Gasteiger partial charge in [-0.2, -0.15) is 13.2 Å². The smallest absolute Gasteiger partial charge is 0.342 e. The molecule has 1 aliphatic rings. The summed E-state index contributed by atoms with van der Waals surface area (Å²) in [6.45, 7) is 0.526. The first-order valence-electron chi connectivity index (χ1n) is 8.58. The van der Waals surface area contributed by atoms with Gasteiger partial charge in [-0.05, 0) is 48.8 Å². The Bertz CT molecular complexity index is 743. The van der Waals surface area contributed by atoms with Gasteiger partial charge in [0.25, 0.3) is 0 Å². The van der Waals surface area contributed by atoms with E-state index >= 15 is 0 Å². The topological polar surface area (TPSA) is 28.2 Å². The second kappa shape index (κ2) is 8.03. The lowest BCUT2D eigenvalue weighted by Crippen LogP contribution is -2.41. The van der Waals surface area contributed by atoms with Crippen molar-refractivity contribution in [3.8, 4) is 0 Å². The van der Waals surface area contributed by atoms with Crippen LogP contribution in [0.3, 0.4) is 0 Å². The molecule has 3 nitrogen and oxygen atoms in total. The summed E-state index contributed by atoms with van der Waals surface area (Å²) >= 11 is 5.50. The Morgan fingerprint density at radius 3 is 2.54 bits per heavy atom. The van der Waals surface area contributed by atoms with E-state index in [4.69, 9.17) is 12.2 Å². The standard InChI is InChI=1S/C19H20F3N3S/c20-19(21,22)16-9-3-4-10-17(16)24-18(26)25(15-7-1-2-8-15)13-14-6-5-11-23-12-14/h3-6,9-12,15H,1-2,7-8,13H2,(H,24,26). The highest BCUT2D eigenvalue weighted by Crippen LogP contribution is 2.35. The summed E-state index contributed by atoms with van der Waals surface area (Å²) in [6.07, 6.45) is 3.21. The molecule has 0 atom stereocenters. The predicted molar refractivity (Wildman–Crippen MR) is 99.7 cm³/mol. The molecule has 0 radical (unpaired) electrons. The minimum atomic E-state index is -4.43. The molecule has 1 aliphatic carbocycles. The summed E-state index contributed by atoms with van der Waals surface area (Å²) in [4.78, 5) is 6.11. The number of benzene rings is 1. The fraction of sp³-hybridized carbons (Fsp3) is 0.368. The predicted octanol–water partition coefficient (Wildman–Crippen LogP) is 5.24. The van der Waals surface area contributed by atoms with Crippen molar-refractivity contribution >= 4 is 23.0 Å². The second-order valence-corrected chi connectivity index (χ2v) is 6.79. The number of aromatic nitrogens is 1. The van der Waals surface area contributed by atoms with Crippen molar-refractivity contribution in [2.45, 2.75) is 44.4 Å². The van der Waals surface area contributed by atoms with E-state index in [2.05, 4.69) is 10.3 Å². The van der Waals surface area contributed by atoms with Crippen molar-refractivity contribution < 1.29 is 13.2 Å². The molecule has 0 saturated heterocycles. The van der Waals surface area contributed by atoms with E-state index in [0.717, 1.165) is 37.3 Å². The number of alkyl halides is 3. The molecule has 0 aliphatic heterocycles. The zero-order valence-corrected chi connectivity index (χ0v) is 15.0. The van der Waals surface area contributed by atoms with Gasteiger partial charge in [0.15, 0.2) is 5.11 Å². The van der Waals surface area contributed by atoms with Gasteiger partial charge < -0.3 is 10.2 Å². The van der Waals surface area contributed by atoms with Crippen molar-refractivity contribution in [3.05, 3.63) is 59.9 Å². The summed E-state index contributed by atoms with van der Waals surface area (Å²) in [5.41, 5.74) is 0.252. The van der Waals surface area contributed by atoms with E-state index < -0.39 is 11.7 Å². The number of para-hydroxylation sites is 1. The zero-order valence-electron chi connectivity index (χ0n) is 14.2. The lowest BCUT2D eigenvalue weighted by Gasteiger charge is -2.32. The number of nitrogens with one attached hydrogen (secondary N) is 1. The van der Waals surface area contributed by atoms with Crippen molar-refractivity contribution in [2.24, 2.45) is 0 Å². The van der Waals surface area contributed by atoms with Gasteiger partial charge in [0.1, 0.15) is 0 Å². The molecule has 0 amide bonds. The lowest BCUT2D eigenvalue weighted by atomic mass is 10.1. The van der Waals surface area contributed by atoms with Crippen LogP contribution in [0.1, 0.15) is 36.8 Å². The first-order valence-corrected chi connectivity index (χ1v) is 8.99. The van der Waals surface area contributed by atoms with Crippen LogP contribution in [0.25, 0.3) is 0 Å². The third-order valence-corrected chi connectivity index (χ3v) is 4.91. The van der Waals surface area contributed by atoms with E-state index in [1.807, 2.05) is 17.0 Å². The first-order chi connectivity index (χ1) is 12.4. The SMILES string of the molecule is FC(F)(F)c1ccccc1NC(=S)N(Cc1cccnc1)C1CCCC1. The molecule has 0 bridgehead atoms. The van der Waals surface area contributed by atoms with Crippen LogP contribution in [0.15, 0.2) is 48.8 Å². The van der Waals surface area contributed by atoms with Gasteiger partial charge in [-0.1, -0.05) is 31.0 Å². The summed E-state index contributed by atoms with van der Waals surface area (Å²) in [5.74, 6) is 0. The minimum Gasteiger partial charge on any atom is -0.342 e. The number of rotatable bonds is 4. The Balaban J connectivity index is 1.82. The molecular formula is C19H20F3N3S. The molecule has 1 N–H and O–H groups in total. The van der Waals surface area contributed by atoms with Gasteiger partial charge in [-0.15, -0.1) is 0 Å². The molecule has 7 heteroatoms. The van der Waals surface area contributed by atoms with Crippen LogP contribution in [-0.4, -0.2) is 21.0 Å². The summed E-state index contributed by atoms with van der Waals surface area (Å²) < 4.78 is 39.7. The Kier molecular flexibility index (Phi) is 5.76. The Morgan fingerprint density at radius 2 is 1.88 bits per heavy atom. The van der Waals surface area contributed by atoms with Crippen LogP contribution in [0.2, 0.25) is 0 Å². The highest BCUT2D eigenvalue weighted by atomic mass is 32.1. The monoisotopic (exact) mass is 379 g/mol.